The van der Waals surface area contributed by atoms with Crippen LogP contribution in [0.3, 0.4) is 0 Å². The van der Waals surface area contributed by atoms with Crippen molar-refractivity contribution in [2.75, 3.05) is 25.0 Å². The molecule has 1 aromatic carbocycles. The average Bonchev–Trinajstić information content (AvgIpc) is 3.04. The van der Waals surface area contributed by atoms with Crippen LogP contribution in [-0.2, 0) is 19.6 Å². The summed E-state index contributed by atoms with van der Waals surface area (Å²) in [7, 11) is -3.70. The van der Waals surface area contributed by atoms with Crippen molar-refractivity contribution < 1.29 is 22.7 Å². The van der Waals surface area contributed by atoms with Crippen LogP contribution >= 0.6 is 11.6 Å². The van der Waals surface area contributed by atoms with E-state index in [0.29, 0.717) is 13.1 Å². The monoisotopic (exact) mass is 452 g/mol. The highest BCUT2D eigenvalue weighted by molar-refractivity contribution is 7.89. The van der Waals surface area contributed by atoms with Gasteiger partial charge >= 0.3 is 5.97 Å². The minimum absolute atomic E-state index is 0.0335. The summed E-state index contributed by atoms with van der Waals surface area (Å²) < 4.78 is 32.2. The van der Waals surface area contributed by atoms with Gasteiger partial charge in [0.25, 0.3) is 5.91 Å². The number of hydrogen-bond donors (Lipinski definition) is 1. The van der Waals surface area contributed by atoms with Crippen molar-refractivity contribution in [2.24, 2.45) is 0 Å². The van der Waals surface area contributed by atoms with Gasteiger partial charge in [-0.25, -0.2) is 18.2 Å². The Hall–Kier alpha value is -2.56. The molecule has 0 atom stereocenters. The lowest BCUT2D eigenvalue weighted by atomic mass is 10.2. The molecule has 1 aliphatic rings. The smallest absolute Gasteiger partial charge is 0.359 e. The van der Waals surface area contributed by atoms with Gasteiger partial charge in [-0.3, -0.25) is 9.78 Å². The first-order chi connectivity index (χ1) is 14.4. The van der Waals surface area contributed by atoms with Gasteiger partial charge in [0.1, 0.15) is 0 Å². The number of benzene rings is 1. The number of rotatable bonds is 6. The predicted octanol–water partition coefficient (Wildman–Crippen LogP) is 2.49. The first-order valence-corrected chi connectivity index (χ1v) is 11.2. The Morgan fingerprint density at radius 2 is 1.87 bits per heavy atom. The van der Waals surface area contributed by atoms with E-state index >= 15 is 0 Å². The lowest BCUT2D eigenvalue weighted by Crippen LogP contribution is -2.32. The lowest BCUT2D eigenvalue weighted by molar-refractivity contribution is -0.119. The van der Waals surface area contributed by atoms with Crippen LogP contribution in [0.25, 0.3) is 0 Å². The fraction of sp³-hybridized carbons (Fsp3) is 0.368. The van der Waals surface area contributed by atoms with Crippen LogP contribution in [0.5, 0.6) is 0 Å². The third-order valence-electron chi connectivity index (χ3n) is 4.52. The number of carbonyl (C=O) groups is 2. The standard InChI is InChI=1S/C19H21ClN4O5S/c20-15-6-5-14(30(27,28)24-9-3-1-2-4-10-24)11-16(15)23-18(25)13-29-19(26)17-12-21-7-8-22-17/h5-8,11-12H,1-4,9-10,13H2,(H,23,25). The summed E-state index contributed by atoms with van der Waals surface area (Å²) in [6.07, 6.45) is 7.57. The van der Waals surface area contributed by atoms with Crippen LogP contribution in [0, 0.1) is 0 Å². The van der Waals surface area contributed by atoms with Crippen molar-refractivity contribution >= 4 is 39.2 Å². The number of ether oxygens (including phenoxy) is 1. The number of esters is 1. The predicted molar refractivity (Wildman–Crippen MR) is 110 cm³/mol. The third-order valence-corrected chi connectivity index (χ3v) is 6.75. The Morgan fingerprint density at radius 3 is 2.53 bits per heavy atom. The number of carbonyl (C=O) groups excluding carboxylic acids is 2. The molecule has 0 spiro atoms. The van der Waals surface area contributed by atoms with E-state index in [0.717, 1.165) is 25.7 Å². The number of halogens is 1. The zero-order valence-corrected chi connectivity index (χ0v) is 17.7. The third kappa shape index (κ3) is 5.53. The topological polar surface area (TPSA) is 119 Å². The van der Waals surface area contributed by atoms with Crippen LogP contribution in [0.1, 0.15) is 36.2 Å². The fourth-order valence-electron chi connectivity index (χ4n) is 2.99. The maximum atomic E-state index is 12.9. The maximum Gasteiger partial charge on any atom is 0.359 e. The fourth-order valence-corrected chi connectivity index (χ4v) is 4.70. The van der Waals surface area contributed by atoms with E-state index in [1.807, 2.05) is 0 Å². The van der Waals surface area contributed by atoms with E-state index in [1.165, 1.54) is 41.1 Å². The highest BCUT2D eigenvalue weighted by Crippen LogP contribution is 2.28. The van der Waals surface area contributed by atoms with Crippen molar-refractivity contribution in [3.8, 4) is 0 Å². The summed E-state index contributed by atoms with van der Waals surface area (Å²) >= 11 is 6.11. The largest absolute Gasteiger partial charge is 0.451 e. The zero-order valence-electron chi connectivity index (χ0n) is 16.1. The molecular formula is C19H21ClN4O5S. The molecule has 2 aromatic rings. The summed E-state index contributed by atoms with van der Waals surface area (Å²) in [5.41, 5.74) is 0.0852. The minimum atomic E-state index is -3.70. The van der Waals surface area contributed by atoms with Crippen molar-refractivity contribution in [1.29, 1.82) is 0 Å². The molecule has 1 fully saturated rings. The van der Waals surface area contributed by atoms with E-state index in [4.69, 9.17) is 16.3 Å². The van der Waals surface area contributed by atoms with Crippen molar-refractivity contribution in [1.82, 2.24) is 14.3 Å². The van der Waals surface area contributed by atoms with Gasteiger partial charge in [0.2, 0.25) is 10.0 Å². The van der Waals surface area contributed by atoms with Gasteiger partial charge < -0.3 is 10.1 Å². The van der Waals surface area contributed by atoms with Gasteiger partial charge in [-0.1, -0.05) is 24.4 Å². The summed E-state index contributed by atoms with van der Waals surface area (Å²) in [6.45, 7) is 0.338. The lowest BCUT2D eigenvalue weighted by Gasteiger charge is -2.20. The normalized spacial score (nSPS) is 15.2. The summed E-state index contributed by atoms with van der Waals surface area (Å²) in [4.78, 5) is 31.6. The van der Waals surface area contributed by atoms with Crippen molar-refractivity contribution in [3.63, 3.8) is 0 Å². The van der Waals surface area contributed by atoms with Crippen LogP contribution in [-0.4, -0.2) is 54.3 Å². The van der Waals surface area contributed by atoms with Gasteiger partial charge in [-0.15, -0.1) is 0 Å². The first-order valence-electron chi connectivity index (χ1n) is 9.40. The Morgan fingerprint density at radius 1 is 1.13 bits per heavy atom. The van der Waals surface area contributed by atoms with E-state index < -0.39 is 28.5 Å². The van der Waals surface area contributed by atoms with Gasteiger partial charge in [0, 0.05) is 25.5 Å². The summed E-state index contributed by atoms with van der Waals surface area (Å²) in [5, 5.41) is 2.64. The summed E-state index contributed by atoms with van der Waals surface area (Å²) in [6, 6.07) is 4.13. The van der Waals surface area contributed by atoms with Crippen LogP contribution in [0.4, 0.5) is 5.69 Å². The molecule has 9 nitrogen and oxygen atoms in total. The summed E-state index contributed by atoms with van der Waals surface area (Å²) in [5.74, 6) is -1.47. The molecule has 160 valence electrons. The second-order valence-electron chi connectivity index (χ2n) is 6.67. The number of nitrogens with one attached hydrogen (secondary N) is 1. The minimum Gasteiger partial charge on any atom is -0.451 e. The van der Waals surface area contributed by atoms with Crippen LogP contribution in [0.2, 0.25) is 5.02 Å². The van der Waals surface area contributed by atoms with Crippen LogP contribution in [0.15, 0.2) is 41.7 Å². The molecule has 0 unspecified atom stereocenters. The van der Waals surface area contributed by atoms with Gasteiger partial charge in [-0.05, 0) is 31.0 Å². The molecule has 3 rings (SSSR count). The molecule has 0 aliphatic carbocycles. The van der Waals surface area contributed by atoms with E-state index in [9.17, 15) is 18.0 Å². The molecule has 0 bridgehead atoms. The van der Waals surface area contributed by atoms with Crippen molar-refractivity contribution in [3.05, 3.63) is 47.5 Å². The highest BCUT2D eigenvalue weighted by Gasteiger charge is 2.26. The van der Waals surface area contributed by atoms with Gasteiger partial charge in [0.05, 0.1) is 21.8 Å². The Balaban J connectivity index is 1.67. The molecule has 0 saturated carbocycles. The van der Waals surface area contributed by atoms with Gasteiger partial charge in [-0.2, -0.15) is 4.31 Å². The van der Waals surface area contributed by atoms with E-state index in [1.54, 1.807) is 0 Å². The second kappa shape index (κ2) is 9.96. The number of sulfonamides is 1. The average molecular weight is 453 g/mol. The second-order valence-corrected chi connectivity index (χ2v) is 9.02. The molecule has 2 heterocycles. The number of amides is 1. The van der Waals surface area contributed by atoms with E-state index in [-0.39, 0.29) is 21.3 Å². The number of nitrogens with zero attached hydrogens (tertiary/aromatic N) is 3. The van der Waals surface area contributed by atoms with E-state index in [2.05, 4.69) is 15.3 Å². The molecule has 1 aromatic heterocycles. The quantitative estimate of drug-likeness (QED) is 0.668. The molecule has 11 heteroatoms. The zero-order chi connectivity index (χ0) is 21.6. The first kappa shape index (κ1) is 22.1. The molecule has 30 heavy (non-hydrogen) atoms. The Labute approximate surface area is 179 Å². The molecule has 1 amide bonds. The molecule has 1 saturated heterocycles. The number of hydrogen-bond acceptors (Lipinski definition) is 7. The molecule has 1 N–H and O–H groups in total. The molecular weight excluding hydrogens is 432 g/mol. The van der Waals surface area contributed by atoms with Crippen LogP contribution < -0.4 is 5.32 Å². The van der Waals surface area contributed by atoms with Gasteiger partial charge in [0.15, 0.2) is 12.3 Å². The van der Waals surface area contributed by atoms with Crippen molar-refractivity contribution in [2.45, 2.75) is 30.6 Å². The number of aromatic nitrogens is 2. The highest BCUT2D eigenvalue weighted by atomic mass is 35.5. The molecule has 1 aliphatic heterocycles. The Kier molecular flexibility index (Phi) is 7.35. The maximum absolute atomic E-state index is 12.9. The Bertz CT molecular complexity index is 1010. The molecule has 0 radical (unpaired) electrons. The number of anilines is 1. The SMILES string of the molecule is O=C(COC(=O)c1cnccn1)Nc1cc(S(=O)(=O)N2CCCCCC2)ccc1Cl.